The number of hydrogen-bond donors (Lipinski definition) is 2. The molecule has 0 rings (SSSR count). The molecule has 0 radical (unpaired) electrons. The number of hydrogen-bond acceptors (Lipinski definition) is 8. The molecule has 0 bridgehead atoms. The summed E-state index contributed by atoms with van der Waals surface area (Å²) in [5, 5.41) is 3.01. The van der Waals surface area contributed by atoms with E-state index in [2.05, 4.69) is 5.32 Å². The van der Waals surface area contributed by atoms with Gasteiger partial charge in [-0.3, -0.25) is 14.4 Å². The van der Waals surface area contributed by atoms with Gasteiger partial charge in [0.25, 0.3) is 17.9 Å². The predicted molar refractivity (Wildman–Crippen MR) is 72.4 cm³/mol. The Labute approximate surface area is 119 Å². The summed E-state index contributed by atoms with van der Waals surface area (Å²) in [6, 6.07) is -0.515. The third kappa shape index (κ3) is 7.87. The molecule has 0 aliphatic heterocycles. The molecule has 0 aromatic carbocycles. The Morgan fingerprint density at radius 1 is 1.05 bits per heavy atom. The lowest BCUT2D eigenvalue weighted by Crippen LogP contribution is -2.54. The van der Waals surface area contributed by atoms with Crippen LogP contribution in [0.3, 0.4) is 0 Å². The van der Waals surface area contributed by atoms with Crippen LogP contribution in [0, 0.1) is 0 Å². The molecule has 0 spiro atoms. The normalized spacial score (nSPS) is 12.4. The summed E-state index contributed by atoms with van der Waals surface area (Å²) in [6.45, 7) is 6.45. The molecule has 20 heavy (non-hydrogen) atoms. The molecule has 1 unspecified atom stereocenters. The van der Waals surface area contributed by atoms with Gasteiger partial charge in [-0.1, -0.05) is 6.92 Å². The summed E-state index contributed by atoms with van der Waals surface area (Å²) in [7, 11) is -3.81. The van der Waals surface area contributed by atoms with Crippen molar-refractivity contribution in [3.63, 3.8) is 0 Å². The minimum atomic E-state index is -3.81. The van der Waals surface area contributed by atoms with Gasteiger partial charge in [0.15, 0.2) is 0 Å². The Hall–Kier alpha value is -1.45. The molecule has 0 heterocycles. The van der Waals surface area contributed by atoms with Crippen LogP contribution in [0.4, 0.5) is 0 Å². The second-order valence-electron chi connectivity index (χ2n) is 4.24. The summed E-state index contributed by atoms with van der Waals surface area (Å²) >= 11 is 0. The largest absolute Gasteiger partial charge is 0.706 e. The Bertz CT molecular complexity index is 322. The van der Waals surface area contributed by atoms with Crippen molar-refractivity contribution in [2.75, 3.05) is 13.1 Å². The highest BCUT2D eigenvalue weighted by atomic mass is 28.4. The summed E-state index contributed by atoms with van der Waals surface area (Å²) in [6.07, 6.45) is 0. The standard InChI is InChI=1S/C11H22N2O6Si/c1-5-13-6-11(12)7-20(17-8(2)14,18-9(3)15)19-10(4)16/h11,13H,5-7,12H2,1-4H3. The third-order valence-corrected chi connectivity index (χ3v) is 4.89. The van der Waals surface area contributed by atoms with Crippen LogP contribution >= 0.6 is 0 Å². The molecule has 0 aromatic heterocycles. The maximum atomic E-state index is 11.2. The van der Waals surface area contributed by atoms with E-state index in [1.54, 1.807) is 0 Å². The van der Waals surface area contributed by atoms with Crippen molar-refractivity contribution < 1.29 is 27.7 Å². The molecule has 0 aliphatic carbocycles. The van der Waals surface area contributed by atoms with Crippen LogP contribution in [-0.2, 0) is 27.7 Å². The number of nitrogens with one attached hydrogen (secondary N) is 1. The second kappa shape index (κ2) is 8.66. The van der Waals surface area contributed by atoms with Crippen molar-refractivity contribution in [1.82, 2.24) is 5.32 Å². The van der Waals surface area contributed by atoms with E-state index in [9.17, 15) is 14.4 Å². The zero-order valence-corrected chi connectivity index (χ0v) is 13.2. The Morgan fingerprint density at radius 3 is 1.75 bits per heavy atom. The minimum absolute atomic E-state index is 0.0290. The van der Waals surface area contributed by atoms with Crippen LogP contribution < -0.4 is 11.1 Å². The molecule has 0 aliphatic rings. The first-order valence-corrected chi connectivity index (χ1v) is 8.19. The lowest BCUT2D eigenvalue weighted by molar-refractivity contribution is -0.147. The lowest BCUT2D eigenvalue weighted by Gasteiger charge is -2.28. The fraction of sp³-hybridized carbons (Fsp3) is 0.727. The maximum absolute atomic E-state index is 11.2. The fourth-order valence-corrected chi connectivity index (χ4v) is 4.04. The van der Waals surface area contributed by atoms with Gasteiger partial charge < -0.3 is 24.3 Å². The summed E-state index contributed by atoms with van der Waals surface area (Å²) in [5.74, 6) is -2.10. The first kappa shape index (κ1) is 18.5. The number of carbonyl (C=O) groups is 3. The van der Waals surface area contributed by atoms with Crippen molar-refractivity contribution in [2.45, 2.75) is 39.8 Å². The Kier molecular flexibility index (Phi) is 8.04. The molecule has 116 valence electrons. The third-order valence-electron chi connectivity index (χ3n) is 2.07. The summed E-state index contributed by atoms with van der Waals surface area (Å²) in [4.78, 5) is 33.6. The number of carbonyl (C=O) groups excluding carboxylic acids is 3. The van der Waals surface area contributed by atoms with Gasteiger partial charge in [0.2, 0.25) is 0 Å². The van der Waals surface area contributed by atoms with Crippen molar-refractivity contribution in [1.29, 1.82) is 0 Å². The zero-order valence-electron chi connectivity index (χ0n) is 12.2. The average Bonchev–Trinajstić information content (AvgIpc) is 2.22. The van der Waals surface area contributed by atoms with Gasteiger partial charge in [-0.05, 0) is 6.54 Å². The van der Waals surface area contributed by atoms with Crippen LogP contribution in [0.2, 0.25) is 6.04 Å². The van der Waals surface area contributed by atoms with E-state index in [0.717, 1.165) is 20.8 Å². The summed E-state index contributed by atoms with van der Waals surface area (Å²) < 4.78 is 15.0. The molecular weight excluding hydrogens is 284 g/mol. The van der Waals surface area contributed by atoms with Crippen molar-refractivity contribution in [2.24, 2.45) is 5.73 Å². The van der Waals surface area contributed by atoms with Crippen LogP contribution in [0.1, 0.15) is 27.7 Å². The second-order valence-corrected chi connectivity index (χ2v) is 6.62. The quantitative estimate of drug-likeness (QED) is 0.579. The topological polar surface area (TPSA) is 117 Å². The van der Waals surface area contributed by atoms with E-state index in [0.29, 0.717) is 13.1 Å². The molecular formula is C11H22N2O6Si. The van der Waals surface area contributed by atoms with Gasteiger partial charge in [-0.2, -0.15) is 0 Å². The highest BCUT2D eigenvalue weighted by Gasteiger charge is 2.52. The van der Waals surface area contributed by atoms with E-state index in [-0.39, 0.29) is 6.04 Å². The highest BCUT2D eigenvalue weighted by molar-refractivity contribution is 6.65. The molecule has 0 saturated heterocycles. The van der Waals surface area contributed by atoms with E-state index in [1.807, 2.05) is 6.92 Å². The van der Waals surface area contributed by atoms with E-state index in [4.69, 9.17) is 19.0 Å². The molecule has 0 saturated carbocycles. The van der Waals surface area contributed by atoms with E-state index >= 15 is 0 Å². The zero-order chi connectivity index (χ0) is 15.8. The van der Waals surface area contributed by atoms with Gasteiger partial charge >= 0.3 is 8.80 Å². The minimum Gasteiger partial charge on any atom is -0.455 e. The van der Waals surface area contributed by atoms with E-state index < -0.39 is 32.8 Å². The average molecular weight is 306 g/mol. The molecule has 8 nitrogen and oxygen atoms in total. The van der Waals surface area contributed by atoms with E-state index in [1.165, 1.54) is 0 Å². The first-order valence-electron chi connectivity index (χ1n) is 6.25. The Balaban J connectivity index is 5.08. The fourth-order valence-electron chi connectivity index (χ4n) is 1.57. The van der Waals surface area contributed by atoms with Crippen LogP contribution in [0.15, 0.2) is 0 Å². The predicted octanol–water partition coefficient (Wildman–Crippen LogP) is -0.449. The maximum Gasteiger partial charge on any atom is 0.706 e. The highest BCUT2D eigenvalue weighted by Crippen LogP contribution is 2.18. The SMILES string of the molecule is CCNCC(N)C[Si](OC(C)=O)(OC(C)=O)OC(C)=O. The molecule has 0 fully saturated rings. The lowest BCUT2D eigenvalue weighted by atomic mass is 10.3. The van der Waals surface area contributed by atoms with Gasteiger partial charge in [0, 0.05) is 33.4 Å². The van der Waals surface area contributed by atoms with Crippen molar-refractivity contribution in [3.8, 4) is 0 Å². The smallest absolute Gasteiger partial charge is 0.455 e. The van der Waals surface area contributed by atoms with Crippen LogP contribution in [0.25, 0.3) is 0 Å². The monoisotopic (exact) mass is 306 g/mol. The first-order chi connectivity index (χ1) is 9.20. The number of rotatable bonds is 8. The number of nitrogens with two attached hydrogens (primary N) is 1. The molecule has 9 heteroatoms. The van der Waals surface area contributed by atoms with Gasteiger partial charge in [0.1, 0.15) is 0 Å². The van der Waals surface area contributed by atoms with Crippen LogP contribution in [-0.4, -0.2) is 45.8 Å². The Morgan fingerprint density at radius 2 is 1.45 bits per heavy atom. The van der Waals surface area contributed by atoms with Crippen molar-refractivity contribution >= 4 is 26.7 Å². The molecule has 3 N–H and O–H groups in total. The molecule has 1 atom stereocenters. The molecule has 0 aromatic rings. The number of likely N-dealkylation sites (N-methyl/N-ethyl adjacent to an activating group) is 1. The molecule has 0 amide bonds. The summed E-state index contributed by atoms with van der Waals surface area (Å²) in [5.41, 5.74) is 5.87. The van der Waals surface area contributed by atoms with Crippen LogP contribution in [0.5, 0.6) is 0 Å². The van der Waals surface area contributed by atoms with Gasteiger partial charge in [0.05, 0.1) is 6.04 Å². The van der Waals surface area contributed by atoms with Gasteiger partial charge in [-0.25, -0.2) is 0 Å². The van der Waals surface area contributed by atoms with Gasteiger partial charge in [-0.15, -0.1) is 0 Å². The van der Waals surface area contributed by atoms with Crippen molar-refractivity contribution in [3.05, 3.63) is 0 Å².